The third-order valence-corrected chi connectivity index (χ3v) is 13.0. The number of hydrogen-bond acceptors (Lipinski definition) is 2. The third kappa shape index (κ3) is 4.85. The van der Waals surface area contributed by atoms with E-state index in [1.165, 1.54) is 105 Å². The zero-order chi connectivity index (χ0) is 38.5. The van der Waals surface area contributed by atoms with Crippen molar-refractivity contribution < 1.29 is 0 Å². The van der Waals surface area contributed by atoms with Gasteiger partial charge in [0.1, 0.15) is 6.17 Å². The van der Waals surface area contributed by atoms with Gasteiger partial charge in [0.15, 0.2) is 0 Å². The first-order valence-corrected chi connectivity index (χ1v) is 20.4. The second-order valence-electron chi connectivity index (χ2n) is 16.6. The van der Waals surface area contributed by atoms with Crippen molar-refractivity contribution in [2.24, 2.45) is 0 Å². The molecule has 0 fully saturated rings. The molecule has 2 aliphatic rings. The maximum Gasteiger partial charge on any atom is 0.130 e. The number of nitrogens with zero attached hydrogens (tertiary/aromatic N) is 1. The Morgan fingerprint density at radius 2 is 0.983 bits per heavy atom. The molecule has 0 bridgehead atoms. The average Bonchev–Trinajstić information content (AvgIpc) is 3.76. The van der Waals surface area contributed by atoms with Crippen molar-refractivity contribution in [3.63, 3.8) is 0 Å². The number of benzene rings is 10. The number of hydrogen-bond donors (Lipinski definition) is 1. The highest BCUT2D eigenvalue weighted by molar-refractivity contribution is 6.23. The van der Waals surface area contributed by atoms with Crippen molar-refractivity contribution in [3.8, 4) is 33.4 Å². The van der Waals surface area contributed by atoms with Gasteiger partial charge in [-0.3, -0.25) is 0 Å². The van der Waals surface area contributed by atoms with Crippen LogP contribution in [0.2, 0.25) is 0 Å². The summed E-state index contributed by atoms with van der Waals surface area (Å²) in [5, 5.41) is 14.0. The van der Waals surface area contributed by atoms with Crippen LogP contribution in [0.4, 0.5) is 17.1 Å². The van der Waals surface area contributed by atoms with Gasteiger partial charge in [0, 0.05) is 11.1 Å². The van der Waals surface area contributed by atoms with Crippen LogP contribution in [0.5, 0.6) is 0 Å². The Labute approximate surface area is 338 Å². The van der Waals surface area contributed by atoms with Gasteiger partial charge in [0.2, 0.25) is 0 Å². The van der Waals surface area contributed by atoms with Crippen LogP contribution in [-0.2, 0) is 5.41 Å². The maximum atomic E-state index is 3.89. The molecule has 2 heteroatoms. The topological polar surface area (TPSA) is 15.3 Å². The van der Waals surface area contributed by atoms with Gasteiger partial charge in [0.25, 0.3) is 0 Å². The Balaban J connectivity index is 1.13. The van der Waals surface area contributed by atoms with E-state index in [1.807, 2.05) is 0 Å². The molecule has 0 radical (unpaired) electrons. The quantitative estimate of drug-likeness (QED) is 0.181. The van der Waals surface area contributed by atoms with E-state index in [4.69, 9.17) is 0 Å². The average molecular weight is 741 g/mol. The van der Waals surface area contributed by atoms with Crippen molar-refractivity contribution >= 4 is 60.2 Å². The zero-order valence-electron chi connectivity index (χ0n) is 32.5. The molecule has 1 aliphatic heterocycles. The molecule has 0 amide bonds. The maximum absolute atomic E-state index is 3.89. The van der Waals surface area contributed by atoms with Gasteiger partial charge < -0.3 is 10.2 Å². The molecule has 0 saturated carbocycles. The summed E-state index contributed by atoms with van der Waals surface area (Å²) in [7, 11) is 0. The molecule has 1 heterocycles. The summed E-state index contributed by atoms with van der Waals surface area (Å²) in [5.41, 5.74) is 15.0. The van der Waals surface area contributed by atoms with E-state index in [9.17, 15) is 0 Å². The standard InChI is InChI=1S/C56H40N2/c1-56(2)49-29-28-41(55-57-51-22-12-13-23-52(51)58(55)42-18-4-3-5-19-42)32-45(49)46-33-47-48(34-50(46)56)54(40-27-25-36-15-7-9-17-38(36)31-40)44-21-11-10-20-43(44)53(47)39-26-24-35-14-6-8-16-37(35)30-39/h3-34,55,57H,1-2H3. The second kappa shape index (κ2) is 12.4. The highest BCUT2D eigenvalue weighted by Gasteiger charge is 2.38. The van der Waals surface area contributed by atoms with Gasteiger partial charge in [-0.2, -0.15) is 0 Å². The van der Waals surface area contributed by atoms with Crippen molar-refractivity contribution in [2.75, 3.05) is 10.2 Å². The normalized spacial score (nSPS) is 15.1. The van der Waals surface area contributed by atoms with E-state index < -0.39 is 0 Å². The van der Waals surface area contributed by atoms with Crippen molar-refractivity contribution in [3.05, 3.63) is 211 Å². The largest absolute Gasteiger partial charge is 0.359 e. The lowest BCUT2D eigenvalue weighted by Crippen LogP contribution is -2.23. The fourth-order valence-corrected chi connectivity index (χ4v) is 10.2. The Morgan fingerprint density at radius 1 is 0.431 bits per heavy atom. The SMILES string of the molecule is CC1(C)c2ccc(C3Nc4ccccc4N3c3ccccc3)cc2-c2cc3c(-c4ccc5ccccc5c4)c4ccccc4c(-c4ccc5ccccc5c4)c3cc21. The van der Waals surface area contributed by atoms with Crippen molar-refractivity contribution in [1.29, 1.82) is 0 Å². The van der Waals surface area contributed by atoms with Crippen molar-refractivity contribution in [1.82, 2.24) is 0 Å². The van der Waals surface area contributed by atoms with Gasteiger partial charge in [-0.05, 0) is 148 Å². The molecule has 274 valence electrons. The smallest absolute Gasteiger partial charge is 0.130 e. The highest BCUT2D eigenvalue weighted by Crippen LogP contribution is 2.55. The molecular formula is C56H40N2. The Morgan fingerprint density at radius 3 is 1.66 bits per heavy atom. The molecule has 10 aromatic carbocycles. The molecule has 1 N–H and O–H groups in total. The van der Waals surface area contributed by atoms with Gasteiger partial charge in [-0.15, -0.1) is 0 Å². The van der Waals surface area contributed by atoms with Crippen LogP contribution >= 0.6 is 0 Å². The van der Waals surface area contributed by atoms with Crippen molar-refractivity contribution in [2.45, 2.75) is 25.4 Å². The fourth-order valence-electron chi connectivity index (χ4n) is 10.2. The summed E-state index contributed by atoms with van der Waals surface area (Å²) < 4.78 is 0. The minimum Gasteiger partial charge on any atom is -0.359 e. The van der Waals surface area contributed by atoms with Crippen LogP contribution in [0.25, 0.3) is 76.5 Å². The van der Waals surface area contributed by atoms with Crippen LogP contribution in [0.3, 0.4) is 0 Å². The van der Waals surface area contributed by atoms with Gasteiger partial charge in [-0.1, -0.05) is 153 Å². The molecular weight excluding hydrogens is 701 g/mol. The molecule has 12 rings (SSSR count). The van der Waals surface area contributed by atoms with Gasteiger partial charge in [0.05, 0.1) is 11.4 Å². The van der Waals surface area contributed by atoms with Crippen LogP contribution < -0.4 is 10.2 Å². The number of anilines is 3. The Bertz CT molecular complexity index is 3300. The summed E-state index contributed by atoms with van der Waals surface area (Å²) in [4.78, 5) is 2.44. The number of fused-ring (bicyclic) bond motifs is 8. The summed E-state index contributed by atoms with van der Waals surface area (Å²) in [6, 6.07) is 72.2. The van der Waals surface area contributed by atoms with E-state index in [1.54, 1.807) is 0 Å². The summed E-state index contributed by atoms with van der Waals surface area (Å²) in [5.74, 6) is 0. The lowest BCUT2D eigenvalue weighted by Gasteiger charge is -2.28. The van der Waals surface area contributed by atoms with Crippen LogP contribution in [0, 0.1) is 0 Å². The summed E-state index contributed by atoms with van der Waals surface area (Å²) in [6.45, 7) is 4.81. The molecule has 10 aromatic rings. The minimum absolute atomic E-state index is 0.0469. The van der Waals surface area contributed by atoms with Crippen LogP contribution in [-0.4, -0.2) is 0 Å². The predicted octanol–water partition coefficient (Wildman–Crippen LogP) is 15.2. The second-order valence-corrected chi connectivity index (χ2v) is 16.6. The van der Waals surface area contributed by atoms with Crippen LogP contribution in [0.1, 0.15) is 36.7 Å². The Hall–Kier alpha value is -7.16. The molecule has 0 spiro atoms. The molecule has 0 aromatic heterocycles. The molecule has 0 saturated heterocycles. The van der Waals surface area contributed by atoms with Gasteiger partial charge >= 0.3 is 0 Å². The molecule has 1 atom stereocenters. The predicted molar refractivity (Wildman–Crippen MR) is 246 cm³/mol. The van der Waals surface area contributed by atoms with E-state index in [-0.39, 0.29) is 11.6 Å². The lowest BCUT2D eigenvalue weighted by molar-refractivity contribution is 0.660. The Kier molecular flexibility index (Phi) is 7.07. The molecule has 1 aliphatic carbocycles. The first kappa shape index (κ1) is 33.0. The number of nitrogens with one attached hydrogen (secondary N) is 1. The first-order valence-electron chi connectivity index (χ1n) is 20.4. The monoisotopic (exact) mass is 740 g/mol. The lowest BCUT2D eigenvalue weighted by atomic mass is 9.79. The molecule has 1 unspecified atom stereocenters. The fraction of sp³-hybridized carbons (Fsp3) is 0.0714. The zero-order valence-corrected chi connectivity index (χ0v) is 32.5. The number of rotatable bonds is 4. The summed E-state index contributed by atoms with van der Waals surface area (Å²) >= 11 is 0. The third-order valence-electron chi connectivity index (χ3n) is 13.0. The van der Waals surface area contributed by atoms with Crippen LogP contribution in [0.15, 0.2) is 194 Å². The molecule has 58 heavy (non-hydrogen) atoms. The van der Waals surface area contributed by atoms with Gasteiger partial charge in [-0.25, -0.2) is 0 Å². The first-order chi connectivity index (χ1) is 28.5. The highest BCUT2D eigenvalue weighted by atomic mass is 15.3. The van der Waals surface area contributed by atoms with E-state index in [0.717, 1.165) is 5.69 Å². The minimum atomic E-state index is -0.196. The molecule has 2 nitrogen and oxygen atoms in total. The van der Waals surface area contributed by atoms with E-state index in [2.05, 4.69) is 218 Å². The van der Waals surface area contributed by atoms with E-state index in [0.29, 0.717) is 0 Å². The summed E-state index contributed by atoms with van der Waals surface area (Å²) in [6.07, 6.45) is -0.0469. The number of para-hydroxylation sites is 3. The van der Waals surface area contributed by atoms with E-state index >= 15 is 0 Å².